The molecule has 0 unspecified atom stereocenters. The molecule has 1 spiro atoms. The first-order chi connectivity index (χ1) is 19.3. The van der Waals surface area contributed by atoms with Crippen LogP contribution in [0.3, 0.4) is 0 Å². The summed E-state index contributed by atoms with van der Waals surface area (Å²) >= 11 is 0. The number of nitrogens with one attached hydrogen (secondary N) is 3. The maximum atomic E-state index is 14.1. The van der Waals surface area contributed by atoms with E-state index in [1.54, 1.807) is 0 Å². The number of ketones is 1. The monoisotopic (exact) mass is 577 g/mol. The number of rotatable bonds is 10. The topological polar surface area (TPSA) is 165 Å². The first-order valence-electron chi connectivity index (χ1n) is 14.5. The number of alkyl carbamates (subject to hydrolysis) is 1. The summed E-state index contributed by atoms with van der Waals surface area (Å²) in [6.07, 6.45) is 2.51. The number of carbonyl (C=O) groups is 5. The molecule has 4 rings (SSSR count). The van der Waals surface area contributed by atoms with Gasteiger partial charge in [0.1, 0.15) is 18.2 Å². The van der Waals surface area contributed by atoms with Crippen molar-refractivity contribution in [3.05, 3.63) is 0 Å². The van der Waals surface area contributed by atoms with Crippen LogP contribution in [0.5, 0.6) is 0 Å². The Balaban J connectivity index is 1.53. The molecule has 41 heavy (non-hydrogen) atoms. The molecule has 5 atom stereocenters. The van der Waals surface area contributed by atoms with E-state index in [1.807, 2.05) is 34.6 Å². The molecule has 4 aliphatic rings. The van der Waals surface area contributed by atoms with Crippen LogP contribution in [-0.2, 0) is 33.5 Å². The Morgan fingerprint density at radius 3 is 2.44 bits per heavy atom. The fraction of sp³-hybridized carbons (Fsp3) is 0.786. The summed E-state index contributed by atoms with van der Waals surface area (Å²) in [4.78, 5) is 73.2. The van der Waals surface area contributed by atoms with E-state index in [0.29, 0.717) is 32.5 Å². The zero-order valence-corrected chi connectivity index (χ0v) is 24.6. The summed E-state index contributed by atoms with van der Waals surface area (Å²) in [5, 5.41) is 12.2. The molecule has 0 aromatic carbocycles. The lowest BCUT2D eigenvalue weighted by molar-refractivity contribution is -0.144. The fourth-order valence-corrected chi connectivity index (χ4v) is 5.50. The van der Waals surface area contributed by atoms with Gasteiger partial charge in [0.05, 0.1) is 31.5 Å². The number of hydrogen-bond donors (Lipinski definition) is 3. The van der Waals surface area contributed by atoms with Crippen LogP contribution in [0.15, 0.2) is 5.16 Å². The normalized spacial score (nSPS) is 27.0. The van der Waals surface area contributed by atoms with Crippen molar-refractivity contribution in [2.45, 2.75) is 115 Å². The SMILES string of the molecule is CCC[C@H](NC(=O)[C@@H]1C[C@]2(CC(C)=NO2)CN1C(=O)[C@@H](NC(=O)O[C@H]1CCOC1)C(C)(C)C)C(=O)C(=O)NC1CC1. The van der Waals surface area contributed by atoms with Gasteiger partial charge in [0.25, 0.3) is 5.91 Å². The minimum absolute atomic E-state index is 0.00435. The highest BCUT2D eigenvalue weighted by molar-refractivity contribution is 6.38. The number of oxime groups is 1. The lowest BCUT2D eigenvalue weighted by atomic mass is 9.85. The Kier molecular flexibility index (Phi) is 9.25. The number of carbonyl (C=O) groups excluding carboxylic acids is 5. The van der Waals surface area contributed by atoms with Crippen LogP contribution in [0.1, 0.15) is 79.6 Å². The number of nitrogens with zero attached hydrogens (tertiary/aromatic N) is 2. The first kappa shape index (κ1) is 30.7. The minimum atomic E-state index is -1.03. The highest BCUT2D eigenvalue weighted by Gasteiger charge is 2.55. The van der Waals surface area contributed by atoms with Gasteiger partial charge in [-0.05, 0) is 31.6 Å². The van der Waals surface area contributed by atoms with E-state index in [-0.39, 0.29) is 25.4 Å². The summed E-state index contributed by atoms with van der Waals surface area (Å²) in [5.41, 5.74) is -0.898. The summed E-state index contributed by atoms with van der Waals surface area (Å²) in [7, 11) is 0. The van der Waals surface area contributed by atoms with Gasteiger partial charge in [-0.1, -0.05) is 39.3 Å². The Morgan fingerprint density at radius 2 is 1.88 bits per heavy atom. The predicted octanol–water partition coefficient (Wildman–Crippen LogP) is 1.18. The van der Waals surface area contributed by atoms with Crippen LogP contribution in [0.25, 0.3) is 0 Å². The zero-order chi connectivity index (χ0) is 29.9. The van der Waals surface area contributed by atoms with Gasteiger partial charge >= 0.3 is 6.09 Å². The highest BCUT2D eigenvalue weighted by atomic mass is 16.7. The van der Waals surface area contributed by atoms with E-state index >= 15 is 0 Å². The molecule has 228 valence electrons. The predicted molar refractivity (Wildman–Crippen MR) is 147 cm³/mol. The van der Waals surface area contributed by atoms with E-state index in [4.69, 9.17) is 14.3 Å². The number of hydrogen-bond acceptors (Lipinski definition) is 9. The van der Waals surface area contributed by atoms with Crippen molar-refractivity contribution in [1.82, 2.24) is 20.9 Å². The second kappa shape index (κ2) is 12.3. The molecule has 2 saturated heterocycles. The summed E-state index contributed by atoms with van der Waals surface area (Å²) in [6.45, 7) is 9.96. The zero-order valence-electron chi connectivity index (χ0n) is 24.6. The molecule has 1 saturated carbocycles. The lowest BCUT2D eigenvalue weighted by Gasteiger charge is -2.35. The van der Waals surface area contributed by atoms with Gasteiger partial charge in [0, 0.05) is 25.3 Å². The lowest BCUT2D eigenvalue weighted by Crippen LogP contribution is -2.59. The van der Waals surface area contributed by atoms with Gasteiger partial charge in [-0.25, -0.2) is 4.79 Å². The Morgan fingerprint density at radius 1 is 1.15 bits per heavy atom. The van der Waals surface area contributed by atoms with Crippen LogP contribution in [0.2, 0.25) is 0 Å². The smallest absolute Gasteiger partial charge is 0.408 e. The summed E-state index contributed by atoms with van der Waals surface area (Å²) < 4.78 is 10.7. The molecule has 0 aromatic rings. The van der Waals surface area contributed by atoms with Gasteiger partial charge in [-0.3, -0.25) is 19.2 Å². The molecular weight excluding hydrogens is 534 g/mol. The number of amides is 4. The van der Waals surface area contributed by atoms with E-state index in [1.165, 1.54) is 4.90 Å². The van der Waals surface area contributed by atoms with Crippen LogP contribution in [-0.4, -0.2) is 95.8 Å². The molecule has 3 aliphatic heterocycles. The average Bonchev–Trinajstić information content (AvgIpc) is 3.25. The van der Waals surface area contributed by atoms with Crippen molar-refractivity contribution in [3.8, 4) is 0 Å². The number of likely N-dealkylation sites (tertiary alicyclic amines) is 1. The number of ether oxygens (including phenoxy) is 2. The highest BCUT2D eigenvalue weighted by Crippen LogP contribution is 2.39. The largest absolute Gasteiger partial charge is 0.444 e. The van der Waals surface area contributed by atoms with Crippen molar-refractivity contribution >= 4 is 35.3 Å². The Labute approximate surface area is 240 Å². The van der Waals surface area contributed by atoms with Crippen LogP contribution >= 0.6 is 0 Å². The molecule has 4 amide bonds. The van der Waals surface area contributed by atoms with Crippen molar-refractivity contribution in [2.24, 2.45) is 10.6 Å². The van der Waals surface area contributed by atoms with Gasteiger partial charge in [-0.15, -0.1) is 0 Å². The fourth-order valence-electron chi connectivity index (χ4n) is 5.50. The van der Waals surface area contributed by atoms with Crippen LogP contribution in [0, 0.1) is 5.41 Å². The maximum absolute atomic E-state index is 14.1. The van der Waals surface area contributed by atoms with Crippen molar-refractivity contribution < 1.29 is 38.3 Å². The van der Waals surface area contributed by atoms with E-state index in [2.05, 4.69) is 21.1 Å². The van der Waals surface area contributed by atoms with Crippen LogP contribution in [0.4, 0.5) is 4.79 Å². The van der Waals surface area contributed by atoms with E-state index < -0.39 is 64.8 Å². The molecule has 1 aliphatic carbocycles. The Hall–Kier alpha value is -3.22. The molecule has 0 bridgehead atoms. The van der Waals surface area contributed by atoms with E-state index in [9.17, 15) is 24.0 Å². The third kappa shape index (κ3) is 7.55. The maximum Gasteiger partial charge on any atom is 0.408 e. The molecule has 13 heteroatoms. The molecule has 0 aromatic heterocycles. The molecule has 3 heterocycles. The van der Waals surface area contributed by atoms with Gasteiger partial charge < -0.3 is 35.2 Å². The third-order valence-corrected chi connectivity index (χ3v) is 7.84. The number of Topliss-reactive ketones (excluding diaryl/α,β-unsaturated/α-hetero) is 1. The third-order valence-electron chi connectivity index (χ3n) is 7.84. The van der Waals surface area contributed by atoms with Crippen molar-refractivity contribution in [3.63, 3.8) is 0 Å². The standard InChI is InChI=1S/C28H43N5O8/c1-6-7-19(21(34)24(36)29-17-8-9-17)30-23(35)20-13-28(12-16(2)32-41-28)15-33(20)25(37)22(27(3,4)5)31-26(38)40-18-10-11-39-14-18/h17-20,22H,6-15H2,1-5H3,(H,29,36)(H,30,35)(H,31,38)/t18-,19-,20-,22+,28+/m0/s1. The molecular formula is C28H43N5O8. The van der Waals surface area contributed by atoms with Crippen molar-refractivity contribution in [1.29, 1.82) is 0 Å². The van der Waals surface area contributed by atoms with Crippen LogP contribution < -0.4 is 16.0 Å². The van der Waals surface area contributed by atoms with Crippen molar-refractivity contribution in [2.75, 3.05) is 19.8 Å². The molecule has 3 fully saturated rings. The second-order valence-electron chi connectivity index (χ2n) is 12.8. The quantitative estimate of drug-likeness (QED) is 0.326. The summed E-state index contributed by atoms with van der Waals surface area (Å²) in [6, 6.07) is -3.05. The second-order valence-corrected chi connectivity index (χ2v) is 12.8. The summed E-state index contributed by atoms with van der Waals surface area (Å²) in [5.74, 6) is -2.46. The van der Waals surface area contributed by atoms with E-state index in [0.717, 1.165) is 18.6 Å². The average molecular weight is 578 g/mol. The Bertz CT molecular complexity index is 1080. The first-order valence-corrected chi connectivity index (χ1v) is 14.5. The van der Waals surface area contributed by atoms with Gasteiger partial charge in [0.15, 0.2) is 5.60 Å². The molecule has 13 nitrogen and oxygen atoms in total. The molecule has 3 N–H and O–H groups in total. The van der Waals surface area contributed by atoms with Gasteiger partial charge in [-0.2, -0.15) is 0 Å². The minimum Gasteiger partial charge on any atom is -0.444 e. The molecule has 0 radical (unpaired) electrons. The van der Waals surface area contributed by atoms with Gasteiger partial charge in [0.2, 0.25) is 17.6 Å².